The van der Waals surface area contributed by atoms with Crippen molar-refractivity contribution in [2.75, 3.05) is 56.7 Å². The molecule has 0 bridgehead atoms. The van der Waals surface area contributed by atoms with Crippen molar-refractivity contribution in [2.24, 2.45) is 0 Å². The molecule has 2 aromatic rings. The van der Waals surface area contributed by atoms with Crippen LogP contribution in [0.15, 0.2) is 42.5 Å². The number of rotatable bonds is 6. The lowest BCUT2D eigenvalue weighted by Gasteiger charge is -2.35. The van der Waals surface area contributed by atoms with Gasteiger partial charge in [0.15, 0.2) is 0 Å². The van der Waals surface area contributed by atoms with Crippen LogP contribution in [-0.2, 0) is 4.74 Å². The predicted molar refractivity (Wildman–Crippen MR) is 120 cm³/mol. The topological polar surface area (TPSA) is 54.0 Å². The molecule has 30 heavy (non-hydrogen) atoms. The number of benzene rings is 2. The van der Waals surface area contributed by atoms with Gasteiger partial charge in [0, 0.05) is 43.4 Å². The standard InChI is InChI=1S/C23H28ClN3O3/c1-26-9-11-27(12-10-26)22-8-7-18(24)15-21(22)25-23(28)17-4-2-5-19(14-17)30-16-20-6-3-13-29-20/h2,4-5,7-8,14-15,20H,3,6,9-13,16H2,1H3,(H,25,28). The Hall–Kier alpha value is -2.28. The molecule has 1 unspecified atom stereocenters. The summed E-state index contributed by atoms with van der Waals surface area (Å²) >= 11 is 6.23. The molecule has 0 radical (unpaired) electrons. The summed E-state index contributed by atoms with van der Waals surface area (Å²) in [6, 6.07) is 12.9. The van der Waals surface area contributed by atoms with E-state index in [0.29, 0.717) is 22.9 Å². The number of carbonyl (C=O) groups excluding carboxylic acids is 1. The molecule has 2 aliphatic heterocycles. The average molecular weight is 430 g/mol. The summed E-state index contributed by atoms with van der Waals surface area (Å²) in [7, 11) is 2.12. The maximum atomic E-state index is 13.0. The Morgan fingerprint density at radius 2 is 2.03 bits per heavy atom. The molecule has 0 saturated carbocycles. The summed E-state index contributed by atoms with van der Waals surface area (Å²) in [6.07, 6.45) is 2.23. The van der Waals surface area contributed by atoms with Crippen LogP contribution in [0.25, 0.3) is 0 Å². The molecule has 2 aromatic carbocycles. The lowest BCUT2D eigenvalue weighted by molar-refractivity contribution is 0.0679. The molecule has 0 aliphatic carbocycles. The van der Waals surface area contributed by atoms with Gasteiger partial charge in [-0.1, -0.05) is 17.7 Å². The molecule has 0 aromatic heterocycles. The lowest BCUT2D eigenvalue weighted by atomic mass is 10.1. The Morgan fingerprint density at radius 1 is 1.20 bits per heavy atom. The summed E-state index contributed by atoms with van der Waals surface area (Å²) in [5, 5.41) is 3.64. The molecule has 7 heteroatoms. The third kappa shape index (κ3) is 5.25. The molecule has 160 valence electrons. The highest BCUT2D eigenvalue weighted by Crippen LogP contribution is 2.30. The van der Waals surface area contributed by atoms with E-state index >= 15 is 0 Å². The summed E-state index contributed by atoms with van der Waals surface area (Å²) in [5.74, 6) is 0.485. The maximum Gasteiger partial charge on any atom is 0.255 e. The maximum absolute atomic E-state index is 13.0. The van der Waals surface area contributed by atoms with Crippen molar-refractivity contribution in [3.8, 4) is 5.75 Å². The summed E-state index contributed by atoms with van der Waals surface area (Å²) in [4.78, 5) is 17.5. The number of nitrogens with zero attached hydrogens (tertiary/aromatic N) is 2. The van der Waals surface area contributed by atoms with E-state index in [2.05, 4.69) is 22.2 Å². The normalized spacial score (nSPS) is 19.7. The van der Waals surface area contributed by atoms with E-state index in [9.17, 15) is 4.79 Å². The smallest absolute Gasteiger partial charge is 0.255 e. The van der Waals surface area contributed by atoms with Gasteiger partial charge in [-0.2, -0.15) is 0 Å². The second-order valence-corrected chi connectivity index (χ2v) is 8.32. The molecule has 1 atom stereocenters. The van der Waals surface area contributed by atoms with E-state index in [1.54, 1.807) is 12.1 Å². The van der Waals surface area contributed by atoms with Crippen molar-refractivity contribution in [1.29, 1.82) is 0 Å². The number of ether oxygens (including phenoxy) is 2. The average Bonchev–Trinajstić information content (AvgIpc) is 3.27. The van der Waals surface area contributed by atoms with E-state index in [0.717, 1.165) is 57.0 Å². The van der Waals surface area contributed by atoms with Crippen LogP contribution in [0, 0.1) is 0 Å². The molecule has 2 aliphatic rings. The molecular formula is C23H28ClN3O3. The van der Waals surface area contributed by atoms with E-state index in [1.807, 2.05) is 30.3 Å². The van der Waals surface area contributed by atoms with Gasteiger partial charge in [-0.25, -0.2) is 0 Å². The molecule has 2 heterocycles. The van der Waals surface area contributed by atoms with Crippen molar-refractivity contribution in [2.45, 2.75) is 18.9 Å². The van der Waals surface area contributed by atoms with Crippen LogP contribution >= 0.6 is 11.6 Å². The number of halogens is 1. The van der Waals surface area contributed by atoms with Crippen molar-refractivity contribution in [3.05, 3.63) is 53.1 Å². The number of piperazine rings is 1. The molecule has 4 rings (SSSR count). The lowest BCUT2D eigenvalue weighted by Crippen LogP contribution is -2.44. The quantitative estimate of drug-likeness (QED) is 0.754. The van der Waals surface area contributed by atoms with Gasteiger partial charge < -0.3 is 24.6 Å². The first-order valence-corrected chi connectivity index (χ1v) is 10.8. The fourth-order valence-electron chi connectivity index (χ4n) is 3.82. The van der Waals surface area contributed by atoms with Crippen LogP contribution in [0.2, 0.25) is 5.02 Å². The Morgan fingerprint density at radius 3 is 2.80 bits per heavy atom. The molecule has 2 fully saturated rings. The number of hydrogen-bond acceptors (Lipinski definition) is 5. The van der Waals surface area contributed by atoms with Gasteiger partial charge in [0.1, 0.15) is 12.4 Å². The van der Waals surface area contributed by atoms with Crippen molar-refractivity contribution in [1.82, 2.24) is 4.90 Å². The zero-order valence-electron chi connectivity index (χ0n) is 17.3. The second kappa shape index (κ2) is 9.69. The van der Waals surface area contributed by atoms with Crippen LogP contribution in [-0.4, -0.2) is 63.4 Å². The van der Waals surface area contributed by atoms with Crippen LogP contribution in [0.5, 0.6) is 5.75 Å². The Balaban J connectivity index is 1.45. The SMILES string of the molecule is CN1CCN(c2ccc(Cl)cc2NC(=O)c2cccc(OCC3CCCO3)c2)CC1. The Labute approximate surface area is 182 Å². The van der Waals surface area contributed by atoms with Gasteiger partial charge in [0.25, 0.3) is 5.91 Å². The number of amides is 1. The van der Waals surface area contributed by atoms with Gasteiger partial charge in [0.05, 0.1) is 17.5 Å². The third-order valence-electron chi connectivity index (χ3n) is 5.61. The van der Waals surface area contributed by atoms with E-state index in [4.69, 9.17) is 21.1 Å². The van der Waals surface area contributed by atoms with Crippen LogP contribution in [0.3, 0.4) is 0 Å². The third-order valence-corrected chi connectivity index (χ3v) is 5.84. The minimum atomic E-state index is -0.185. The number of carbonyl (C=O) groups is 1. The monoisotopic (exact) mass is 429 g/mol. The second-order valence-electron chi connectivity index (χ2n) is 7.88. The predicted octanol–water partition coefficient (Wildman–Crippen LogP) is 3.90. The molecule has 2 saturated heterocycles. The Bertz CT molecular complexity index is 878. The van der Waals surface area contributed by atoms with Gasteiger partial charge in [-0.3, -0.25) is 4.79 Å². The van der Waals surface area contributed by atoms with Crippen molar-refractivity contribution in [3.63, 3.8) is 0 Å². The molecule has 1 N–H and O–H groups in total. The minimum Gasteiger partial charge on any atom is -0.491 e. The minimum absolute atomic E-state index is 0.139. The van der Waals surface area contributed by atoms with E-state index in [1.165, 1.54) is 0 Å². The van der Waals surface area contributed by atoms with Crippen LogP contribution in [0.1, 0.15) is 23.2 Å². The summed E-state index contributed by atoms with van der Waals surface area (Å²) < 4.78 is 11.4. The molecule has 6 nitrogen and oxygen atoms in total. The van der Waals surface area contributed by atoms with E-state index in [-0.39, 0.29) is 12.0 Å². The number of nitrogens with one attached hydrogen (secondary N) is 1. The highest BCUT2D eigenvalue weighted by atomic mass is 35.5. The first-order chi connectivity index (χ1) is 14.6. The largest absolute Gasteiger partial charge is 0.491 e. The fraction of sp³-hybridized carbons (Fsp3) is 0.435. The van der Waals surface area contributed by atoms with Gasteiger partial charge in [-0.05, 0) is 56.3 Å². The number of hydrogen-bond donors (Lipinski definition) is 1. The number of likely N-dealkylation sites (N-methyl/N-ethyl adjacent to an activating group) is 1. The molecule has 0 spiro atoms. The van der Waals surface area contributed by atoms with Crippen LogP contribution in [0.4, 0.5) is 11.4 Å². The zero-order valence-corrected chi connectivity index (χ0v) is 18.0. The Kier molecular flexibility index (Phi) is 6.77. The van der Waals surface area contributed by atoms with Gasteiger partial charge >= 0.3 is 0 Å². The fourth-order valence-corrected chi connectivity index (χ4v) is 3.99. The molecule has 1 amide bonds. The first-order valence-electron chi connectivity index (χ1n) is 10.5. The van der Waals surface area contributed by atoms with Gasteiger partial charge in [-0.15, -0.1) is 0 Å². The summed E-state index contributed by atoms with van der Waals surface area (Å²) in [5.41, 5.74) is 2.26. The summed E-state index contributed by atoms with van der Waals surface area (Å²) in [6.45, 7) is 5.10. The highest BCUT2D eigenvalue weighted by Gasteiger charge is 2.19. The van der Waals surface area contributed by atoms with E-state index < -0.39 is 0 Å². The van der Waals surface area contributed by atoms with Crippen molar-refractivity contribution >= 4 is 28.9 Å². The highest BCUT2D eigenvalue weighted by molar-refractivity contribution is 6.31. The first kappa shape index (κ1) is 21.0. The van der Waals surface area contributed by atoms with Crippen LogP contribution < -0.4 is 15.0 Å². The van der Waals surface area contributed by atoms with Crippen molar-refractivity contribution < 1.29 is 14.3 Å². The molecular weight excluding hydrogens is 402 g/mol. The number of anilines is 2. The zero-order chi connectivity index (χ0) is 20.9. The van der Waals surface area contributed by atoms with Gasteiger partial charge in [0.2, 0.25) is 0 Å².